The van der Waals surface area contributed by atoms with Crippen molar-refractivity contribution in [1.29, 1.82) is 0 Å². The predicted octanol–water partition coefficient (Wildman–Crippen LogP) is 2.03. The van der Waals surface area contributed by atoms with Crippen molar-refractivity contribution in [2.45, 2.75) is 55.1 Å². The molecule has 7 heteroatoms. The van der Waals surface area contributed by atoms with Gasteiger partial charge in [-0.2, -0.15) is 0 Å². The molecule has 1 aromatic heterocycles. The van der Waals surface area contributed by atoms with Gasteiger partial charge < -0.3 is 4.90 Å². The Labute approximate surface area is 130 Å². The lowest BCUT2D eigenvalue weighted by molar-refractivity contribution is 0.0536. The molecular formula is C14H20ClN3O2S. The van der Waals surface area contributed by atoms with Crippen molar-refractivity contribution >= 4 is 21.6 Å². The van der Waals surface area contributed by atoms with Crippen LogP contribution in [0.1, 0.15) is 32.1 Å². The zero-order chi connectivity index (χ0) is 15.0. The van der Waals surface area contributed by atoms with Crippen molar-refractivity contribution in [1.82, 2.24) is 14.6 Å². The minimum Gasteiger partial charge on any atom is -0.300 e. The normalized spacial score (nSPS) is 30.3. The van der Waals surface area contributed by atoms with Crippen molar-refractivity contribution in [3.05, 3.63) is 23.5 Å². The molecule has 0 saturated carbocycles. The van der Waals surface area contributed by atoms with Crippen LogP contribution in [0.25, 0.3) is 0 Å². The summed E-state index contributed by atoms with van der Waals surface area (Å²) in [6, 6.07) is 3.86. The summed E-state index contributed by atoms with van der Waals surface area (Å²) in [5, 5.41) is 0.193. The second kappa shape index (κ2) is 5.83. The van der Waals surface area contributed by atoms with E-state index in [4.69, 9.17) is 11.6 Å². The van der Waals surface area contributed by atoms with Crippen molar-refractivity contribution < 1.29 is 8.42 Å². The fourth-order valence-corrected chi connectivity index (χ4v) is 5.06. The van der Waals surface area contributed by atoms with Gasteiger partial charge in [0.1, 0.15) is 5.15 Å². The highest BCUT2D eigenvalue weighted by molar-refractivity contribution is 7.89. The highest BCUT2D eigenvalue weighted by atomic mass is 35.5. The largest absolute Gasteiger partial charge is 0.300 e. The number of rotatable bonds is 3. The van der Waals surface area contributed by atoms with Gasteiger partial charge in [-0.3, -0.25) is 0 Å². The van der Waals surface area contributed by atoms with E-state index in [0.29, 0.717) is 12.1 Å². The Bertz CT molecular complexity index is 608. The Kier molecular flexibility index (Phi) is 4.23. The van der Waals surface area contributed by atoms with Crippen LogP contribution in [0, 0.1) is 0 Å². The maximum atomic E-state index is 12.4. The lowest BCUT2D eigenvalue weighted by Crippen LogP contribution is -2.55. The number of fused-ring (bicyclic) bond motifs is 2. The Morgan fingerprint density at radius 2 is 2.00 bits per heavy atom. The zero-order valence-corrected chi connectivity index (χ0v) is 13.6. The number of hydrogen-bond acceptors (Lipinski definition) is 4. The monoisotopic (exact) mass is 329 g/mol. The number of pyridine rings is 1. The molecule has 2 aliphatic rings. The number of hydrogen-bond donors (Lipinski definition) is 1. The van der Waals surface area contributed by atoms with E-state index in [-0.39, 0.29) is 16.1 Å². The molecule has 21 heavy (non-hydrogen) atoms. The highest BCUT2D eigenvalue weighted by Gasteiger charge is 2.37. The van der Waals surface area contributed by atoms with Gasteiger partial charge in [-0.05, 0) is 44.9 Å². The van der Waals surface area contributed by atoms with Crippen molar-refractivity contribution in [2.75, 3.05) is 7.05 Å². The lowest BCUT2D eigenvalue weighted by atomic mass is 9.83. The van der Waals surface area contributed by atoms with Crippen LogP contribution in [0.5, 0.6) is 0 Å². The summed E-state index contributed by atoms with van der Waals surface area (Å²) < 4.78 is 27.7. The highest BCUT2D eigenvalue weighted by Crippen LogP contribution is 2.33. The van der Waals surface area contributed by atoms with E-state index in [0.717, 1.165) is 25.7 Å². The molecule has 0 aromatic carbocycles. The van der Waals surface area contributed by atoms with Crippen molar-refractivity contribution in [3.8, 4) is 0 Å². The second-order valence-corrected chi connectivity index (χ2v) is 8.11. The summed E-state index contributed by atoms with van der Waals surface area (Å²) in [5.74, 6) is 0. The molecule has 1 N–H and O–H groups in total. The molecule has 2 unspecified atom stereocenters. The Morgan fingerprint density at radius 3 is 2.62 bits per heavy atom. The number of nitrogens with one attached hydrogen (secondary N) is 1. The van der Waals surface area contributed by atoms with Crippen LogP contribution in [0.3, 0.4) is 0 Å². The SMILES string of the molecule is CN1C2CCCC1CC(NS(=O)(=O)c1ccnc(Cl)c1)C2. The molecule has 2 fully saturated rings. The summed E-state index contributed by atoms with van der Waals surface area (Å²) in [5.41, 5.74) is 0. The quantitative estimate of drug-likeness (QED) is 0.862. The van der Waals surface area contributed by atoms with E-state index in [1.54, 1.807) is 0 Å². The Hall–Kier alpha value is -0.690. The third-order valence-electron chi connectivity index (χ3n) is 4.67. The minimum absolute atomic E-state index is 0.00782. The van der Waals surface area contributed by atoms with Gasteiger partial charge in [-0.25, -0.2) is 18.1 Å². The van der Waals surface area contributed by atoms with Crippen molar-refractivity contribution in [2.24, 2.45) is 0 Å². The zero-order valence-electron chi connectivity index (χ0n) is 12.0. The average molecular weight is 330 g/mol. The predicted molar refractivity (Wildman–Crippen MR) is 81.8 cm³/mol. The average Bonchev–Trinajstić information content (AvgIpc) is 2.40. The van der Waals surface area contributed by atoms with E-state index in [1.807, 2.05) is 0 Å². The second-order valence-electron chi connectivity index (χ2n) is 6.01. The van der Waals surface area contributed by atoms with E-state index in [9.17, 15) is 8.42 Å². The van der Waals surface area contributed by atoms with Crippen LogP contribution in [0.2, 0.25) is 5.15 Å². The summed E-state index contributed by atoms with van der Waals surface area (Å²) in [7, 11) is -1.37. The number of halogens is 1. The fourth-order valence-electron chi connectivity index (χ4n) is 3.55. The molecule has 2 bridgehead atoms. The number of piperidine rings is 2. The summed E-state index contributed by atoms with van der Waals surface area (Å²) in [4.78, 5) is 6.42. The summed E-state index contributed by atoms with van der Waals surface area (Å²) in [6.07, 6.45) is 6.74. The third kappa shape index (κ3) is 3.23. The first kappa shape index (κ1) is 15.2. The van der Waals surface area contributed by atoms with E-state index in [1.165, 1.54) is 24.8 Å². The molecule has 2 saturated heterocycles. The molecule has 3 heterocycles. The number of sulfonamides is 1. The van der Waals surface area contributed by atoms with E-state index in [2.05, 4.69) is 21.7 Å². The first-order valence-electron chi connectivity index (χ1n) is 7.31. The molecule has 0 amide bonds. The van der Waals surface area contributed by atoms with E-state index >= 15 is 0 Å². The van der Waals surface area contributed by atoms with Crippen LogP contribution >= 0.6 is 11.6 Å². The van der Waals surface area contributed by atoms with Gasteiger partial charge in [-0.15, -0.1) is 0 Å². The molecule has 116 valence electrons. The third-order valence-corrected chi connectivity index (χ3v) is 6.39. The Morgan fingerprint density at radius 1 is 1.33 bits per heavy atom. The first-order valence-corrected chi connectivity index (χ1v) is 9.17. The molecular weight excluding hydrogens is 310 g/mol. The molecule has 2 atom stereocenters. The summed E-state index contributed by atoms with van der Waals surface area (Å²) in [6.45, 7) is 0. The van der Waals surface area contributed by atoms with Gasteiger partial charge in [-0.1, -0.05) is 18.0 Å². The molecule has 3 rings (SSSR count). The molecule has 0 radical (unpaired) electrons. The minimum atomic E-state index is -3.52. The number of aromatic nitrogens is 1. The molecule has 0 aliphatic carbocycles. The molecule has 5 nitrogen and oxygen atoms in total. The van der Waals surface area contributed by atoms with Crippen LogP contribution in [0.4, 0.5) is 0 Å². The van der Waals surface area contributed by atoms with Gasteiger partial charge >= 0.3 is 0 Å². The van der Waals surface area contributed by atoms with Gasteiger partial charge in [0, 0.05) is 24.3 Å². The fraction of sp³-hybridized carbons (Fsp3) is 0.643. The standard InChI is InChI=1S/C14H20ClN3O2S/c1-18-11-3-2-4-12(18)8-10(7-11)17-21(19,20)13-5-6-16-14(15)9-13/h5-6,9-12,17H,2-4,7-8H2,1H3. The smallest absolute Gasteiger partial charge is 0.240 e. The van der Waals surface area contributed by atoms with Gasteiger partial charge in [0.05, 0.1) is 4.90 Å². The maximum absolute atomic E-state index is 12.4. The van der Waals surface area contributed by atoms with Crippen LogP contribution in [0.15, 0.2) is 23.2 Å². The van der Waals surface area contributed by atoms with Gasteiger partial charge in [0.25, 0.3) is 0 Å². The molecule has 2 aliphatic heterocycles. The maximum Gasteiger partial charge on any atom is 0.240 e. The van der Waals surface area contributed by atoms with Crippen molar-refractivity contribution in [3.63, 3.8) is 0 Å². The van der Waals surface area contributed by atoms with Crippen LogP contribution < -0.4 is 4.72 Å². The van der Waals surface area contributed by atoms with Gasteiger partial charge in [0.2, 0.25) is 10.0 Å². The molecule has 0 spiro atoms. The molecule has 1 aromatic rings. The number of nitrogens with zero attached hydrogens (tertiary/aromatic N) is 2. The van der Waals surface area contributed by atoms with Crippen LogP contribution in [-0.4, -0.2) is 43.5 Å². The van der Waals surface area contributed by atoms with E-state index < -0.39 is 10.0 Å². The summed E-state index contributed by atoms with van der Waals surface area (Å²) >= 11 is 5.78. The van der Waals surface area contributed by atoms with Gasteiger partial charge in [0.15, 0.2) is 0 Å². The Balaban J connectivity index is 1.74. The lowest BCUT2D eigenvalue weighted by Gasteiger charge is -2.47. The first-order chi connectivity index (χ1) is 9.95. The van der Waals surface area contributed by atoms with Crippen LogP contribution in [-0.2, 0) is 10.0 Å². The topological polar surface area (TPSA) is 62.3 Å².